The van der Waals surface area contributed by atoms with E-state index in [9.17, 15) is 4.79 Å². The van der Waals surface area contributed by atoms with E-state index in [4.69, 9.17) is 10.2 Å². The van der Waals surface area contributed by atoms with Crippen LogP contribution in [-0.2, 0) is 0 Å². The van der Waals surface area contributed by atoms with E-state index in [0.717, 1.165) is 10.9 Å². The van der Waals surface area contributed by atoms with Crippen LogP contribution in [0.5, 0.6) is 0 Å². The standard InChI is InChI=1S/C14H10O3/c15-9-3-5-10-4-1-7-12-11(10)6-2-8-13(12)14(16)17/h1-2,4,6-8,15H,9H2,(H,16,17). The van der Waals surface area contributed by atoms with E-state index in [1.807, 2.05) is 6.07 Å². The lowest BCUT2D eigenvalue weighted by molar-refractivity contribution is 0.0699. The minimum absolute atomic E-state index is 0.213. The summed E-state index contributed by atoms with van der Waals surface area (Å²) in [6, 6.07) is 10.4. The van der Waals surface area contributed by atoms with Crippen molar-refractivity contribution in [1.82, 2.24) is 0 Å². The molecular formula is C14H10O3. The maximum Gasteiger partial charge on any atom is 0.336 e. The van der Waals surface area contributed by atoms with Gasteiger partial charge in [-0.2, -0.15) is 0 Å². The third-order valence-corrected chi connectivity index (χ3v) is 2.45. The molecule has 0 saturated heterocycles. The average Bonchev–Trinajstić information content (AvgIpc) is 2.35. The number of benzene rings is 2. The molecular weight excluding hydrogens is 216 g/mol. The SMILES string of the molecule is O=C(O)c1cccc2c(C#CCO)cccc12. The van der Waals surface area contributed by atoms with Gasteiger partial charge < -0.3 is 10.2 Å². The minimum atomic E-state index is -0.956. The minimum Gasteiger partial charge on any atom is -0.478 e. The highest BCUT2D eigenvalue weighted by Crippen LogP contribution is 2.22. The molecule has 0 saturated carbocycles. The van der Waals surface area contributed by atoms with Crippen molar-refractivity contribution in [3.8, 4) is 11.8 Å². The largest absolute Gasteiger partial charge is 0.478 e. The predicted molar refractivity (Wildman–Crippen MR) is 64.9 cm³/mol. The summed E-state index contributed by atoms with van der Waals surface area (Å²) in [4.78, 5) is 11.1. The summed E-state index contributed by atoms with van der Waals surface area (Å²) in [6.07, 6.45) is 0. The normalized spacial score (nSPS) is 9.71. The van der Waals surface area contributed by atoms with Crippen molar-refractivity contribution in [1.29, 1.82) is 0 Å². The summed E-state index contributed by atoms with van der Waals surface area (Å²) >= 11 is 0. The highest BCUT2D eigenvalue weighted by Gasteiger charge is 2.08. The molecule has 3 nitrogen and oxygen atoms in total. The zero-order chi connectivity index (χ0) is 12.3. The number of aromatic carboxylic acids is 1. The van der Waals surface area contributed by atoms with Gasteiger partial charge in [0.25, 0.3) is 0 Å². The first kappa shape index (κ1) is 11.2. The molecule has 0 bridgehead atoms. The van der Waals surface area contributed by atoms with E-state index in [1.54, 1.807) is 30.3 Å². The topological polar surface area (TPSA) is 57.5 Å². The van der Waals surface area contributed by atoms with Crippen LogP contribution >= 0.6 is 0 Å². The van der Waals surface area contributed by atoms with Crippen molar-refractivity contribution in [2.75, 3.05) is 6.61 Å². The first-order valence-electron chi connectivity index (χ1n) is 5.09. The molecule has 0 fully saturated rings. The third-order valence-electron chi connectivity index (χ3n) is 2.45. The molecule has 2 aromatic rings. The quantitative estimate of drug-likeness (QED) is 0.730. The zero-order valence-corrected chi connectivity index (χ0v) is 8.97. The molecule has 2 aromatic carbocycles. The van der Waals surface area contributed by atoms with E-state index in [1.165, 1.54) is 0 Å². The Labute approximate surface area is 98.3 Å². The van der Waals surface area contributed by atoms with E-state index >= 15 is 0 Å². The first-order valence-corrected chi connectivity index (χ1v) is 5.09. The number of carboxylic acids is 1. The van der Waals surface area contributed by atoms with Crippen molar-refractivity contribution >= 4 is 16.7 Å². The van der Waals surface area contributed by atoms with Gasteiger partial charge in [-0.3, -0.25) is 0 Å². The smallest absolute Gasteiger partial charge is 0.336 e. The molecule has 0 aliphatic carbocycles. The molecule has 0 amide bonds. The lowest BCUT2D eigenvalue weighted by Crippen LogP contribution is -1.97. The van der Waals surface area contributed by atoms with Crippen LogP contribution in [-0.4, -0.2) is 22.8 Å². The van der Waals surface area contributed by atoms with Crippen LogP contribution in [0.1, 0.15) is 15.9 Å². The van der Waals surface area contributed by atoms with Gasteiger partial charge in [0.15, 0.2) is 0 Å². The number of fused-ring (bicyclic) bond motifs is 1. The fourth-order valence-electron chi connectivity index (χ4n) is 1.74. The number of carbonyl (C=O) groups is 1. The van der Waals surface area contributed by atoms with Crippen LogP contribution in [0.4, 0.5) is 0 Å². The fourth-order valence-corrected chi connectivity index (χ4v) is 1.74. The second-order valence-electron chi connectivity index (χ2n) is 3.47. The summed E-state index contributed by atoms with van der Waals surface area (Å²) in [5.41, 5.74) is 0.981. The molecule has 0 unspecified atom stereocenters. The van der Waals surface area contributed by atoms with Gasteiger partial charge in [-0.05, 0) is 22.9 Å². The lowest BCUT2D eigenvalue weighted by Gasteiger charge is -2.03. The Bertz CT molecular complexity index is 633. The Hall–Kier alpha value is -2.31. The van der Waals surface area contributed by atoms with E-state index in [-0.39, 0.29) is 12.2 Å². The van der Waals surface area contributed by atoms with E-state index in [2.05, 4.69) is 11.8 Å². The summed E-state index contributed by atoms with van der Waals surface area (Å²) in [5.74, 6) is 4.42. The van der Waals surface area contributed by atoms with E-state index < -0.39 is 5.97 Å². The van der Waals surface area contributed by atoms with Gasteiger partial charge in [0.1, 0.15) is 6.61 Å². The molecule has 0 radical (unpaired) electrons. The molecule has 2 N–H and O–H groups in total. The van der Waals surface area contributed by atoms with Crippen molar-refractivity contribution < 1.29 is 15.0 Å². The van der Waals surface area contributed by atoms with Crippen LogP contribution < -0.4 is 0 Å². The number of rotatable bonds is 1. The zero-order valence-electron chi connectivity index (χ0n) is 8.97. The molecule has 84 valence electrons. The molecule has 0 atom stereocenters. The fraction of sp³-hybridized carbons (Fsp3) is 0.0714. The summed E-state index contributed by atoms with van der Waals surface area (Å²) < 4.78 is 0. The molecule has 0 aliphatic heterocycles. The van der Waals surface area contributed by atoms with Gasteiger partial charge >= 0.3 is 5.97 Å². The number of carboxylic acid groups (broad SMARTS) is 1. The third kappa shape index (κ3) is 2.12. The summed E-state index contributed by atoms with van der Waals surface area (Å²) in [5, 5.41) is 19.2. The van der Waals surface area contributed by atoms with Gasteiger partial charge in [-0.15, -0.1) is 0 Å². The maximum absolute atomic E-state index is 11.1. The Morgan fingerprint density at radius 2 is 1.82 bits per heavy atom. The molecule has 17 heavy (non-hydrogen) atoms. The predicted octanol–water partition coefficient (Wildman–Crippen LogP) is 1.88. The Balaban J connectivity index is 2.74. The molecule has 0 aliphatic rings. The van der Waals surface area contributed by atoms with Crippen LogP contribution in [0.2, 0.25) is 0 Å². The van der Waals surface area contributed by atoms with Crippen LogP contribution in [0, 0.1) is 11.8 Å². The van der Waals surface area contributed by atoms with Crippen molar-refractivity contribution in [3.63, 3.8) is 0 Å². The van der Waals surface area contributed by atoms with Crippen molar-refractivity contribution in [2.24, 2.45) is 0 Å². The summed E-state index contributed by atoms with van der Waals surface area (Å²) in [6.45, 7) is -0.213. The average molecular weight is 226 g/mol. The monoisotopic (exact) mass is 226 g/mol. The van der Waals surface area contributed by atoms with Crippen LogP contribution in [0.3, 0.4) is 0 Å². The first-order chi connectivity index (χ1) is 8.24. The lowest BCUT2D eigenvalue weighted by atomic mass is 10.0. The number of aliphatic hydroxyl groups is 1. The molecule has 0 heterocycles. The molecule has 0 aromatic heterocycles. The molecule has 0 spiro atoms. The second kappa shape index (κ2) is 4.69. The van der Waals surface area contributed by atoms with Gasteiger partial charge in [-0.1, -0.05) is 36.1 Å². The molecule has 3 heteroatoms. The Morgan fingerprint density at radius 1 is 1.12 bits per heavy atom. The Kier molecular flexibility index (Phi) is 3.08. The second-order valence-corrected chi connectivity index (χ2v) is 3.47. The van der Waals surface area contributed by atoms with Gasteiger partial charge in [-0.25, -0.2) is 4.79 Å². The number of hydrogen-bond acceptors (Lipinski definition) is 2. The van der Waals surface area contributed by atoms with Gasteiger partial charge in [0.05, 0.1) is 5.56 Å². The highest BCUT2D eigenvalue weighted by atomic mass is 16.4. The van der Waals surface area contributed by atoms with Gasteiger partial charge in [0.2, 0.25) is 0 Å². The van der Waals surface area contributed by atoms with E-state index in [0.29, 0.717) is 5.39 Å². The Morgan fingerprint density at radius 3 is 2.53 bits per heavy atom. The van der Waals surface area contributed by atoms with Crippen molar-refractivity contribution in [2.45, 2.75) is 0 Å². The van der Waals surface area contributed by atoms with Crippen LogP contribution in [0.15, 0.2) is 36.4 Å². The van der Waals surface area contributed by atoms with Gasteiger partial charge in [0, 0.05) is 5.56 Å². The highest BCUT2D eigenvalue weighted by molar-refractivity contribution is 6.05. The summed E-state index contributed by atoms with van der Waals surface area (Å²) in [7, 11) is 0. The van der Waals surface area contributed by atoms with Crippen molar-refractivity contribution in [3.05, 3.63) is 47.5 Å². The molecule has 2 rings (SSSR count). The number of aliphatic hydroxyl groups excluding tert-OH is 1. The van der Waals surface area contributed by atoms with Crippen LogP contribution in [0.25, 0.3) is 10.8 Å². The maximum atomic E-state index is 11.1. The number of hydrogen-bond donors (Lipinski definition) is 2.